The Bertz CT molecular complexity index is 483. The molecular formula is C12H17N3O5. The smallest absolute Gasteiger partial charge is 0.321 e. The molecule has 0 radical (unpaired) electrons. The van der Waals surface area contributed by atoms with Crippen molar-refractivity contribution in [2.75, 3.05) is 13.7 Å². The Morgan fingerprint density at radius 2 is 2.10 bits per heavy atom. The number of nitrogens with one attached hydrogen (secondary N) is 2. The molecule has 0 saturated heterocycles. The molecule has 0 bridgehead atoms. The van der Waals surface area contributed by atoms with E-state index in [1.54, 1.807) is 0 Å². The van der Waals surface area contributed by atoms with Gasteiger partial charge in [-0.05, 0) is 23.8 Å². The van der Waals surface area contributed by atoms with Gasteiger partial charge in [0.05, 0.1) is 7.11 Å². The topological polar surface area (TPSA) is 114 Å². The molecule has 0 saturated carbocycles. The van der Waals surface area contributed by atoms with Crippen molar-refractivity contribution >= 4 is 17.7 Å². The lowest BCUT2D eigenvalue weighted by atomic mass is 10.2. The number of hydrogen-bond donors (Lipinski definition) is 2. The van der Waals surface area contributed by atoms with Gasteiger partial charge in [0.1, 0.15) is 0 Å². The lowest BCUT2D eigenvalue weighted by Crippen LogP contribution is -2.24. The molecule has 0 aliphatic heterocycles. The second-order valence-corrected chi connectivity index (χ2v) is 4.16. The zero-order valence-electron chi connectivity index (χ0n) is 11.2. The summed E-state index contributed by atoms with van der Waals surface area (Å²) in [6.07, 6.45) is 2.59. The van der Waals surface area contributed by atoms with Crippen LogP contribution in [0.4, 0.5) is 5.82 Å². The minimum Gasteiger partial charge on any atom is -0.469 e. The van der Waals surface area contributed by atoms with Crippen LogP contribution in [-0.4, -0.2) is 35.4 Å². The van der Waals surface area contributed by atoms with Gasteiger partial charge < -0.3 is 20.2 Å². The third-order valence-electron chi connectivity index (χ3n) is 2.68. The van der Waals surface area contributed by atoms with Crippen LogP contribution >= 0.6 is 0 Å². The number of H-pyrrole nitrogens is 1. The average Bonchev–Trinajstić information content (AvgIpc) is 2.92. The molecule has 1 heterocycles. The van der Waals surface area contributed by atoms with Crippen LogP contribution in [0.3, 0.4) is 0 Å². The van der Waals surface area contributed by atoms with Crippen LogP contribution in [0.1, 0.15) is 36.2 Å². The first kappa shape index (κ1) is 15.7. The number of carbonyl (C=O) groups excluding carboxylic acids is 2. The van der Waals surface area contributed by atoms with Crippen molar-refractivity contribution in [3.05, 3.63) is 27.9 Å². The van der Waals surface area contributed by atoms with E-state index in [0.29, 0.717) is 19.4 Å². The molecule has 1 aromatic heterocycles. The number of aromatic amines is 1. The summed E-state index contributed by atoms with van der Waals surface area (Å²) in [4.78, 5) is 34.7. The van der Waals surface area contributed by atoms with Gasteiger partial charge in [0.25, 0.3) is 5.91 Å². The van der Waals surface area contributed by atoms with E-state index in [4.69, 9.17) is 0 Å². The monoisotopic (exact) mass is 283 g/mol. The predicted molar refractivity (Wildman–Crippen MR) is 70.3 cm³/mol. The fourth-order valence-electron chi connectivity index (χ4n) is 1.59. The van der Waals surface area contributed by atoms with Crippen molar-refractivity contribution in [1.82, 2.24) is 10.3 Å². The minimum absolute atomic E-state index is 0.159. The van der Waals surface area contributed by atoms with E-state index in [0.717, 1.165) is 12.8 Å². The number of rotatable bonds is 8. The largest absolute Gasteiger partial charge is 0.469 e. The van der Waals surface area contributed by atoms with Gasteiger partial charge >= 0.3 is 11.8 Å². The van der Waals surface area contributed by atoms with E-state index in [-0.39, 0.29) is 23.4 Å². The van der Waals surface area contributed by atoms with Crippen molar-refractivity contribution in [3.8, 4) is 0 Å². The molecule has 8 nitrogen and oxygen atoms in total. The van der Waals surface area contributed by atoms with Crippen LogP contribution in [-0.2, 0) is 9.53 Å². The summed E-state index contributed by atoms with van der Waals surface area (Å²) in [6, 6.07) is 2.61. The Morgan fingerprint density at radius 3 is 2.70 bits per heavy atom. The average molecular weight is 283 g/mol. The molecule has 1 rings (SSSR count). The second kappa shape index (κ2) is 7.93. The maximum Gasteiger partial charge on any atom is 0.321 e. The Kier molecular flexibility index (Phi) is 6.21. The molecule has 0 aliphatic carbocycles. The molecule has 0 spiro atoms. The second-order valence-electron chi connectivity index (χ2n) is 4.16. The molecule has 0 unspecified atom stereocenters. The number of methoxy groups -OCH3 is 1. The molecule has 1 aromatic rings. The summed E-state index contributed by atoms with van der Waals surface area (Å²) >= 11 is 0. The highest BCUT2D eigenvalue weighted by atomic mass is 16.6. The normalized spacial score (nSPS) is 10.1. The summed E-state index contributed by atoms with van der Waals surface area (Å²) < 4.78 is 4.51. The summed E-state index contributed by atoms with van der Waals surface area (Å²) in [6.45, 7) is 0.451. The lowest BCUT2D eigenvalue weighted by molar-refractivity contribution is -0.389. The van der Waals surface area contributed by atoms with E-state index < -0.39 is 4.92 Å². The summed E-state index contributed by atoms with van der Waals surface area (Å²) in [5.41, 5.74) is 0.159. The van der Waals surface area contributed by atoms with Crippen LogP contribution in [0, 0.1) is 10.1 Å². The van der Waals surface area contributed by atoms with Gasteiger partial charge in [-0.3, -0.25) is 9.59 Å². The highest BCUT2D eigenvalue weighted by Gasteiger charge is 2.14. The Labute approximate surface area is 115 Å². The molecule has 0 aliphatic rings. The maximum atomic E-state index is 11.6. The fourth-order valence-corrected chi connectivity index (χ4v) is 1.59. The summed E-state index contributed by atoms with van der Waals surface area (Å²) in [7, 11) is 1.35. The summed E-state index contributed by atoms with van der Waals surface area (Å²) in [5, 5.41) is 13.1. The van der Waals surface area contributed by atoms with Crippen molar-refractivity contribution in [2.45, 2.75) is 25.7 Å². The lowest BCUT2D eigenvalue weighted by Gasteiger charge is -2.02. The Morgan fingerprint density at radius 1 is 1.35 bits per heavy atom. The van der Waals surface area contributed by atoms with Gasteiger partial charge in [-0.2, -0.15) is 0 Å². The van der Waals surface area contributed by atoms with Crippen LogP contribution < -0.4 is 5.32 Å². The highest BCUT2D eigenvalue weighted by molar-refractivity contribution is 5.92. The van der Waals surface area contributed by atoms with Crippen molar-refractivity contribution in [2.24, 2.45) is 0 Å². The van der Waals surface area contributed by atoms with Crippen molar-refractivity contribution < 1.29 is 19.2 Å². The van der Waals surface area contributed by atoms with Gasteiger partial charge in [-0.25, -0.2) is 4.98 Å². The number of carbonyl (C=O) groups is 2. The van der Waals surface area contributed by atoms with Crippen LogP contribution in [0.5, 0.6) is 0 Å². The van der Waals surface area contributed by atoms with E-state index >= 15 is 0 Å². The van der Waals surface area contributed by atoms with E-state index in [1.165, 1.54) is 19.2 Å². The van der Waals surface area contributed by atoms with Crippen molar-refractivity contribution in [3.63, 3.8) is 0 Å². The number of ether oxygens (including phenoxy) is 1. The first-order valence-electron chi connectivity index (χ1n) is 6.23. The van der Waals surface area contributed by atoms with Gasteiger partial charge in [0.15, 0.2) is 5.69 Å². The molecule has 0 fully saturated rings. The standard InChI is InChI=1S/C12H17N3O5/c1-20-11(16)5-3-2-4-8-13-12(17)9-6-7-10(14-9)15(18)19/h6-7,14H,2-5,8H2,1H3,(H,13,17). The molecule has 0 atom stereocenters. The molecule has 8 heteroatoms. The number of aromatic nitrogens is 1. The van der Waals surface area contributed by atoms with Gasteiger partial charge in [0.2, 0.25) is 0 Å². The Hall–Kier alpha value is -2.38. The first-order chi connectivity index (χ1) is 9.54. The zero-order valence-corrected chi connectivity index (χ0v) is 11.2. The zero-order chi connectivity index (χ0) is 15.0. The molecular weight excluding hydrogens is 266 g/mol. The minimum atomic E-state index is -0.594. The molecule has 20 heavy (non-hydrogen) atoms. The van der Waals surface area contributed by atoms with Gasteiger partial charge in [0, 0.05) is 19.0 Å². The number of esters is 1. The quantitative estimate of drug-likeness (QED) is 0.324. The number of amides is 1. The van der Waals surface area contributed by atoms with Crippen LogP contribution in [0.25, 0.3) is 0 Å². The molecule has 110 valence electrons. The van der Waals surface area contributed by atoms with E-state index in [9.17, 15) is 19.7 Å². The third kappa shape index (κ3) is 5.09. The van der Waals surface area contributed by atoms with Gasteiger partial charge in [-0.1, -0.05) is 6.42 Å². The number of unbranched alkanes of at least 4 members (excludes halogenated alkanes) is 2. The van der Waals surface area contributed by atoms with E-state index in [1.807, 2.05) is 0 Å². The molecule has 2 N–H and O–H groups in total. The SMILES string of the molecule is COC(=O)CCCCCNC(=O)c1ccc([N+](=O)[O-])[nH]1. The van der Waals surface area contributed by atoms with Crippen molar-refractivity contribution in [1.29, 1.82) is 0 Å². The molecule has 0 aromatic carbocycles. The number of nitro groups is 1. The first-order valence-corrected chi connectivity index (χ1v) is 6.23. The van der Waals surface area contributed by atoms with Crippen LogP contribution in [0.15, 0.2) is 12.1 Å². The highest BCUT2D eigenvalue weighted by Crippen LogP contribution is 2.09. The number of hydrogen-bond acceptors (Lipinski definition) is 5. The maximum absolute atomic E-state index is 11.6. The Balaban J connectivity index is 2.19. The van der Waals surface area contributed by atoms with Crippen LogP contribution in [0.2, 0.25) is 0 Å². The predicted octanol–water partition coefficient (Wildman–Crippen LogP) is 1.39. The summed E-state index contributed by atoms with van der Waals surface area (Å²) in [5.74, 6) is -0.841. The van der Waals surface area contributed by atoms with Gasteiger partial charge in [-0.15, -0.1) is 0 Å². The molecule has 1 amide bonds. The van der Waals surface area contributed by atoms with E-state index in [2.05, 4.69) is 15.0 Å². The third-order valence-corrected chi connectivity index (χ3v) is 2.68. The fraction of sp³-hybridized carbons (Fsp3) is 0.500. The number of nitrogens with zero attached hydrogens (tertiary/aromatic N) is 1.